The van der Waals surface area contributed by atoms with Crippen molar-refractivity contribution >= 4 is 44.9 Å². The molecule has 1 aromatic carbocycles. The first kappa shape index (κ1) is 15.7. The van der Waals surface area contributed by atoms with Gasteiger partial charge in [0.1, 0.15) is 12.1 Å². The highest BCUT2D eigenvalue weighted by molar-refractivity contribution is 7.22. The van der Waals surface area contributed by atoms with Crippen LogP contribution in [0.5, 0.6) is 0 Å². The van der Waals surface area contributed by atoms with E-state index in [1.807, 2.05) is 30.3 Å². The van der Waals surface area contributed by atoms with Crippen molar-refractivity contribution in [1.82, 2.24) is 14.9 Å². The molecule has 0 unspecified atom stereocenters. The van der Waals surface area contributed by atoms with E-state index < -0.39 is 0 Å². The van der Waals surface area contributed by atoms with Crippen molar-refractivity contribution < 1.29 is 4.79 Å². The number of amides is 1. The second-order valence-electron chi connectivity index (χ2n) is 5.20. The summed E-state index contributed by atoms with van der Waals surface area (Å²) in [4.78, 5) is 22.9. The molecule has 2 heterocycles. The number of benzene rings is 1. The van der Waals surface area contributed by atoms with Crippen LogP contribution in [-0.2, 0) is 4.79 Å². The Morgan fingerprint density at radius 2 is 2.00 bits per heavy atom. The minimum atomic E-state index is -0.00811. The van der Waals surface area contributed by atoms with E-state index in [0.29, 0.717) is 10.8 Å². The molecule has 7 heteroatoms. The van der Waals surface area contributed by atoms with Gasteiger partial charge >= 0.3 is 0 Å². The molecule has 3 aromatic rings. The molecule has 2 aromatic heterocycles. The van der Waals surface area contributed by atoms with Crippen LogP contribution in [0.4, 0.5) is 5.82 Å². The van der Waals surface area contributed by atoms with Crippen LogP contribution in [0.2, 0.25) is 5.02 Å². The first-order chi connectivity index (χ1) is 11.0. The van der Waals surface area contributed by atoms with E-state index in [4.69, 9.17) is 11.6 Å². The first-order valence-corrected chi connectivity index (χ1v) is 8.18. The van der Waals surface area contributed by atoms with Gasteiger partial charge in [0.05, 0.1) is 16.8 Å². The van der Waals surface area contributed by atoms with Crippen LogP contribution in [0.15, 0.2) is 36.7 Å². The van der Waals surface area contributed by atoms with E-state index in [2.05, 4.69) is 15.3 Å². The lowest BCUT2D eigenvalue weighted by molar-refractivity contribution is -0.126. The molecule has 0 aliphatic rings. The fraction of sp³-hybridized carbons (Fsp3) is 0.188. The van der Waals surface area contributed by atoms with Gasteiger partial charge in [-0.1, -0.05) is 23.7 Å². The zero-order valence-corrected chi connectivity index (χ0v) is 14.3. The second-order valence-corrected chi connectivity index (χ2v) is 6.68. The molecule has 5 nitrogen and oxygen atoms in total. The van der Waals surface area contributed by atoms with E-state index >= 15 is 0 Å². The number of rotatable bonds is 4. The molecular weight excluding hydrogens is 332 g/mol. The minimum Gasteiger partial charge on any atom is -0.360 e. The van der Waals surface area contributed by atoms with E-state index in [1.165, 1.54) is 6.33 Å². The van der Waals surface area contributed by atoms with Crippen LogP contribution >= 0.6 is 22.9 Å². The second kappa shape index (κ2) is 6.52. The van der Waals surface area contributed by atoms with Crippen molar-refractivity contribution in [2.24, 2.45) is 0 Å². The molecule has 1 N–H and O–H groups in total. The lowest BCUT2D eigenvalue weighted by Gasteiger charge is -2.11. The van der Waals surface area contributed by atoms with Gasteiger partial charge in [0, 0.05) is 24.0 Å². The molecule has 0 bridgehead atoms. The Kier molecular flexibility index (Phi) is 4.45. The van der Waals surface area contributed by atoms with Crippen LogP contribution in [-0.4, -0.2) is 41.4 Å². The molecule has 0 radical (unpaired) electrons. The number of likely N-dealkylation sites (N-methyl/N-ethyl adjacent to an activating group) is 1. The molecule has 3 rings (SSSR count). The van der Waals surface area contributed by atoms with E-state index in [9.17, 15) is 4.79 Å². The van der Waals surface area contributed by atoms with Crippen LogP contribution < -0.4 is 5.32 Å². The lowest BCUT2D eigenvalue weighted by Crippen LogP contribution is -2.28. The number of carbonyl (C=O) groups excluding carboxylic acids is 1. The predicted molar refractivity (Wildman–Crippen MR) is 95.0 cm³/mol. The summed E-state index contributed by atoms with van der Waals surface area (Å²) in [7, 11) is 3.45. The van der Waals surface area contributed by atoms with Crippen LogP contribution in [0.3, 0.4) is 0 Å². The maximum absolute atomic E-state index is 11.7. The van der Waals surface area contributed by atoms with E-state index in [1.54, 1.807) is 30.3 Å². The summed E-state index contributed by atoms with van der Waals surface area (Å²) in [5.74, 6) is 0.668. The maximum Gasteiger partial charge on any atom is 0.241 e. The van der Waals surface area contributed by atoms with Gasteiger partial charge in [-0.05, 0) is 23.8 Å². The minimum absolute atomic E-state index is 0.00811. The molecule has 0 fully saturated rings. The number of fused-ring (bicyclic) bond motifs is 1. The average Bonchev–Trinajstić information content (AvgIpc) is 2.97. The standard InChI is InChI=1S/C16H15ClN4OS/c1-21(2)14(22)8-18-16-15-12(19-9-20-16)7-13(23-15)10-3-5-11(17)6-4-10/h3-7,9H,8H2,1-2H3,(H,18,19,20). The number of hydrogen-bond acceptors (Lipinski definition) is 5. The molecular formula is C16H15ClN4OS. The molecule has 1 amide bonds. The SMILES string of the molecule is CN(C)C(=O)CNc1ncnc2cc(-c3ccc(Cl)cc3)sc12. The van der Waals surface area contributed by atoms with Gasteiger partial charge in [0.25, 0.3) is 0 Å². The average molecular weight is 347 g/mol. The molecule has 0 aliphatic carbocycles. The number of nitrogens with one attached hydrogen (secondary N) is 1. The summed E-state index contributed by atoms with van der Waals surface area (Å²) in [6, 6.07) is 9.69. The van der Waals surface area contributed by atoms with Gasteiger partial charge in [-0.2, -0.15) is 0 Å². The molecule has 0 atom stereocenters. The Morgan fingerprint density at radius 1 is 1.26 bits per heavy atom. The molecule has 23 heavy (non-hydrogen) atoms. The Balaban J connectivity index is 1.92. The largest absolute Gasteiger partial charge is 0.360 e. The third-order valence-electron chi connectivity index (χ3n) is 3.35. The number of carbonyl (C=O) groups is 1. The smallest absolute Gasteiger partial charge is 0.241 e. The fourth-order valence-electron chi connectivity index (χ4n) is 2.05. The Labute approximate surface area is 142 Å². The lowest BCUT2D eigenvalue weighted by atomic mass is 10.2. The number of halogens is 1. The van der Waals surface area contributed by atoms with Crippen molar-refractivity contribution in [2.75, 3.05) is 26.0 Å². The maximum atomic E-state index is 11.7. The third kappa shape index (κ3) is 3.43. The molecule has 0 aliphatic heterocycles. The summed E-state index contributed by atoms with van der Waals surface area (Å²) in [6.07, 6.45) is 1.50. The van der Waals surface area contributed by atoms with Crippen LogP contribution in [0.25, 0.3) is 20.7 Å². The van der Waals surface area contributed by atoms with Gasteiger partial charge < -0.3 is 10.2 Å². The summed E-state index contributed by atoms with van der Waals surface area (Å²) in [5, 5.41) is 3.80. The zero-order chi connectivity index (χ0) is 16.4. The van der Waals surface area contributed by atoms with Gasteiger partial charge in [-0.25, -0.2) is 9.97 Å². The van der Waals surface area contributed by atoms with Crippen molar-refractivity contribution in [3.05, 3.63) is 41.7 Å². The Morgan fingerprint density at radius 3 is 2.70 bits per heavy atom. The monoisotopic (exact) mass is 346 g/mol. The van der Waals surface area contributed by atoms with Gasteiger partial charge in [-0.15, -0.1) is 11.3 Å². The molecule has 118 valence electrons. The normalized spacial score (nSPS) is 10.7. The number of nitrogens with zero attached hydrogens (tertiary/aromatic N) is 3. The summed E-state index contributed by atoms with van der Waals surface area (Å²) in [5.41, 5.74) is 1.93. The highest BCUT2D eigenvalue weighted by Gasteiger charge is 2.11. The van der Waals surface area contributed by atoms with Crippen molar-refractivity contribution in [1.29, 1.82) is 0 Å². The van der Waals surface area contributed by atoms with Crippen molar-refractivity contribution in [3.63, 3.8) is 0 Å². The predicted octanol–water partition coefficient (Wildman–Crippen LogP) is 3.51. The van der Waals surface area contributed by atoms with Crippen LogP contribution in [0, 0.1) is 0 Å². The summed E-state index contributed by atoms with van der Waals surface area (Å²) < 4.78 is 0.934. The molecule has 0 saturated heterocycles. The van der Waals surface area contributed by atoms with Gasteiger partial charge in [0.15, 0.2) is 0 Å². The Hall–Kier alpha value is -2.18. The topological polar surface area (TPSA) is 58.1 Å². The van der Waals surface area contributed by atoms with E-state index in [0.717, 1.165) is 20.7 Å². The Bertz CT molecular complexity index is 845. The van der Waals surface area contributed by atoms with Crippen LogP contribution in [0.1, 0.15) is 0 Å². The number of hydrogen-bond donors (Lipinski definition) is 1. The number of anilines is 1. The molecule has 0 spiro atoms. The number of thiophene rings is 1. The summed E-state index contributed by atoms with van der Waals surface area (Å²) >= 11 is 7.52. The quantitative estimate of drug-likeness (QED) is 0.785. The number of aromatic nitrogens is 2. The van der Waals surface area contributed by atoms with Crippen molar-refractivity contribution in [3.8, 4) is 10.4 Å². The molecule has 0 saturated carbocycles. The van der Waals surface area contributed by atoms with Crippen molar-refractivity contribution in [2.45, 2.75) is 0 Å². The first-order valence-electron chi connectivity index (χ1n) is 6.99. The zero-order valence-electron chi connectivity index (χ0n) is 12.7. The van der Waals surface area contributed by atoms with E-state index in [-0.39, 0.29) is 12.5 Å². The fourth-order valence-corrected chi connectivity index (χ4v) is 3.26. The third-order valence-corrected chi connectivity index (χ3v) is 4.78. The van der Waals surface area contributed by atoms with Gasteiger partial charge in [-0.3, -0.25) is 4.79 Å². The highest BCUT2D eigenvalue weighted by Crippen LogP contribution is 2.35. The van der Waals surface area contributed by atoms with Gasteiger partial charge in [0.2, 0.25) is 5.91 Å². The highest BCUT2D eigenvalue weighted by atomic mass is 35.5. The summed E-state index contributed by atoms with van der Waals surface area (Å²) in [6.45, 7) is 0.202.